The van der Waals surface area contributed by atoms with Gasteiger partial charge in [-0.1, -0.05) is 13.8 Å². The van der Waals surface area contributed by atoms with Crippen molar-refractivity contribution in [1.82, 2.24) is 25.0 Å². The molecule has 0 saturated carbocycles. The molecule has 1 aromatic heterocycles. The zero-order valence-corrected chi connectivity index (χ0v) is 12.1. The molecule has 0 spiro atoms. The number of aliphatic hydroxyl groups excluding tert-OH is 1. The zero-order valence-electron chi connectivity index (χ0n) is 12.1. The molecule has 0 aromatic carbocycles. The van der Waals surface area contributed by atoms with Crippen molar-refractivity contribution >= 4 is 0 Å². The topological polar surface area (TPSA) is 66.2 Å². The summed E-state index contributed by atoms with van der Waals surface area (Å²) >= 11 is 0. The number of aromatic nitrogens is 3. The van der Waals surface area contributed by atoms with Crippen molar-refractivity contribution in [2.75, 3.05) is 19.7 Å². The van der Waals surface area contributed by atoms with Gasteiger partial charge in [-0.2, -0.15) is 13.2 Å². The van der Waals surface area contributed by atoms with Crippen molar-refractivity contribution in [3.05, 3.63) is 11.6 Å². The Bertz CT molecular complexity index is 474. The van der Waals surface area contributed by atoms with Crippen molar-refractivity contribution in [3.63, 3.8) is 0 Å². The third kappa shape index (κ3) is 3.92. The second-order valence-electron chi connectivity index (χ2n) is 5.53. The molecule has 21 heavy (non-hydrogen) atoms. The fourth-order valence-electron chi connectivity index (χ4n) is 2.52. The van der Waals surface area contributed by atoms with Crippen LogP contribution in [0.15, 0.2) is 0 Å². The van der Waals surface area contributed by atoms with Gasteiger partial charge in [0.1, 0.15) is 5.82 Å². The second-order valence-corrected chi connectivity index (χ2v) is 5.53. The van der Waals surface area contributed by atoms with Gasteiger partial charge in [-0.15, -0.1) is 10.2 Å². The highest BCUT2D eigenvalue weighted by Gasteiger charge is 2.39. The summed E-state index contributed by atoms with van der Waals surface area (Å²) in [5.74, 6) is -0.619. The van der Waals surface area contributed by atoms with Crippen LogP contribution in [0, 0.1) is 0 Å². The summed E-state index contributed by atoms with van der Waals surface area (Å²) in [6, 6.07) is 0.119. The smallest absolute Gasteiger partial charge is 0.395 e. The van der Waals surface area contributed by atoms with Crippen molar-refractivity contribution in [2.24, 2.45) is 0 Å². The van der Waals surface area contributed by atoms with Gasteiger partial charge in [0.15, 0.2) is 0 Å². The first-order valence-electron chi connectivity index (χ1n) is 6.89. The Morgan fingerprint density at radius 3 is 2.57 bits per heavy atom. The van der Waals surface area contributed by atoms with Gasteiger partial charge < -0.3 is 15.0 Å². The maximum Gasteiger partial charge on any atom is 0.451 e. The zero-order chi connectivity index (χ0) is 15.6. The maximum atomic E-state index is 12.7. The van der Waals surface area contributed by atoms with Crippen LogP contribution >= 0.6 is 0 Å². The van der Waals surface area contributed by atoms with Crippen LogP contribution in [-0.4, -0.2) is 56.6 Å². The van der Waals surface area contributed by atoms with E-state index in [4.69, 9.17) is 0 Å². The molecule has 0 fully saturated rings. The van der Waals surface area contributed by atoms with Crippen molar-refractivity contribution in [1.29, 1.82) is 0 Å². The number of halogens is 3. The van der Waals surface area contributed by atoms with Crippen molar-refractivity contribution < 1.29 is 18.3 Å². The van der Waals surface area contributed by atoms with E-state index in [-0.39, 0.29) is 25.2 Å². The van der Waals surface area contributed by atoms with Gasteiger partial charge in [0.2, 0.25) is 5.82 Å². The molecule has 1 aliphatic heterocycles. The van der Waals surface area contributed by atoms with Gasteiger partial charge in [-0.3, -0.25) is 4.90 Å². The molecular formula is C12H20F3N5O. The number of hydrogen-bond donors (Lipinski definition) is 2. The number of fused-ring (bicyclic) bond motifs is 1. The average Bonchev–Trinajstić information content (AvgIpc) is 2.80. The van der Waals surface area contributed by atoms with Crippen LogP contribution in [0.25, 0.3) is 0 Å². The molecule has 2 N–H and O–H groups in total. The largest absolute Gasteiger partial charge is 0.451 e. The monoisotopic (exact) mass is 307 g/mol. The number of nitrogens with zero attached hydrogens (tertiary/aromatic N) is 4. The highest BCUT2D eigenvalue weighted by Crippen LogP contribution is 2.29. The number of nitrogens with one attached hydrogen (secondary N) is 1. The molecule has 0 amide bonds. The summed E-state index contributed by atoms with van der Waals surface area (Å²) in [6.07, 6.45) is -4.47. The van der Waals surface area contributed by atoms with Crippen LogP contribution < -0.4 is 5.32 Å². The molecule has 1 aromatic rings. The molecule has 120 valence electrons. The van der Waals surface area contributed by atoms with Gasteiger partial charge in [0.25, 0.3) is 0 Å². The van der Waals surface area contributed by atoms with E-state index in [0.29, 0.717) is 25.5 Å². The van der Waals surface area contributed by atoms with E-state index in [2.05, 4.69) is 15.5 Å². The van der Waals surface area contributed by atoms with Crippen LogP contribution in [0.2, 0.25) is 0 Å². The van der Waals surface area contributed by atoms with Crippen LogP contribution in [-0.2, 0) is 19.3 Å². The predicted molar refractivity (Wildman–Crippen MR) is 69.4 cm³/mol. The summed E-state index contributed by atoms with van der Waals surface area (Å²) < 4.78 is 39.3. The summed E-state index contributed by atoms with van der Waals surface area (Å²) in [5, 5.41) is 19.4. The maximum absolute atomic E-state index is 12.7. The Morgan fingerprint density at radius 2 is 2.00 bits per heavy atom. The molecule has 2 heterocycles. The van der Waals surface area contributed by atoms with Gasteiger partial charge in [-0.05, 0) is 0 Å². The number of hydrogen-bond acceptors (Lipinski definition) is 5. The lowest BCUT2D eigenvalue weighted by Gasteiger charge is -2.31. The minimum atomic E-state index is -4.47. The van der Waals surface area contributed by atoms with Crippen LogP contribution in [0.1, 0.15) is 25.5 Å². The first kappa shape index (κ1) is 16.2. The average molecular weight is 307 g/mol. The molecule has 1 unspecified atom stereocenters. The summed E-state index contributed by atoms with van der Waals surface area (Å²) in [6.45, 7) is 5.48. The van der Waals surface area contributed by atoms with E-state index in [9.17, 15) is 18.3 Å². The second kappa shape index (κ2) is 6.29. The Hall–Kier alpha value is -1.19. The van der Waals surface area contributed by atoms with Crippen molar-refractivity contribution in [2.45, 2.75) is 45.2 Å². The lowest BCUT2D eigenvalue weighted by Crippen LogP contribution is -2.48. The van der Waals surface area contributed by atoms with E-state index < -0.39 is 12.0 Å². The van der Waals surface area contributed by atoms with E-state index in [1.165, 1.54) is 0 Å². The number of alkyl halides is 3. The molecule has 0 saturated heterocycles. The molecular weight excluding hydrogens is 287 g/mol. The van der Waals surface area contributed by atoms with Crippen LogP contribution in [0.3, 0.4) is 0 Å². The van der Waals surface area contributed by atoms with Gasteiger partial charge >= 0.3 is 6.18 Å². The molecule has 1 aliphatic rings. The minimum absolute atomic E-state index is 0.0187. The Morgan fingerprint density at radius 1 is 1.29 bits per heavy atom. The molecule has 6 nitrogen and oxygen atoms in total. The fourth-order valence-corrected chi connectivity index (χ4v) is 2.52. The highest BCUT2D eigenvalue weighted by molar-refractivity contribution is 5.02. The van der Waals surface area contributed by atoms with Gasteiger partial charge in [-0.25, -0.2) is 0 Å². The predicted octanol–water partition coefficient (Wildman–Crippen LogP) is 0.471. The van der Waals surface area contributed by atoms with E-state index in [0.717, 1.165) is 4.57 Å². The van der Waals surface area contributed by atoms with Gasteiger partial charge in [0.05, 0.1) is 13.2 Å². The third-order valence-corrected chi connectivity index (χ3v) is 3.35. The molecule has 9 heteroatoms. The highest BCUT2D eigenvalue weighted by atomic mass is 19.4. The van der Waals surface area contributed by atoms with E-state index in [1.54, 1.807) is 0 Å². The Kier molecular flexibility index (Phi) is 4.84. The summed E-state index contributed by atoms with van der Waals surface area (Å²) in [5.41, 5.74) is 0. The summed E-state index contributed by atoms with van der Waals surface area (Å²) in [7, 11) is 0. The quantitative estimate of drug-likeness (QED) is 0.828. The minimum Gasteiger partial charge on any atom is -0.395 e. The standard InChI is InChI=1S/C12H20F3N5O/c1-8(2)16-9(7-21)5-19-3-4-20-10(6-19)17-18-11(20)12(13,14)15/h8-9,16,21H,3-7H2,1-2H3. The molecule has 0 radical (unpaired) electrons. The van der Waals surface area contributed by atoms with E-state index in [1.807, 2.05) is 18.7 Å². The third-order valence-electron chi connectivity index (χ3n) is 3.35. The van der Waals surface area contributed by atoms with Crippen molar-refractivity contribution in [3.8, 4) is 0 Å². The fraction of sp³-hybridized carbons (Fsp3) is 0.833. The number of aliphatic hydroxyl groups is 1. The SMILES string of the molecule is CC(C)NC(CO)CN1CCn2c(nnc2C(F)(F)F)C1. The number of rotatable bonds is 5. The van der Waals surface area contributed by atoms with E-state index >= 15 is 0 Å². The molecule has 2 rings (SSSR count). The first-order valence-corrected chi connectivity index (χ1v) is 6.89. The lowest BCUT2D eigenvalue weighted by atomic mass is 10.2. The first-order chi connectivity index (χ1) is 9.81. The molecule has 0 aliphatic carbocycles. The van der Waals surface area contributed by atoms with Crippen LogP contribution in [0.4, 0.5) is 13.2 Å². The van der Waals surface area contributed by atoms with Gasteiger partial charge in [0, 0.05) is 31.7 Å². The normalized spacial score (nSPS) is 18.0. The Balaban J connectivity index is 2.02. The summed E-state index contributed by atoms with van der Waals surface area (Å²) in [4.78, 5) is 1.97. The Labute approximate surface area is 121 Å². The molecule has 0 bridgehead atoms. The molecule has 1 atom stereocenters. The van der Waals surface area contributed by atoms with Crippen LogP contribution in [0.5, 0.6) is 0 Å². The lowest BCUT2D eigenvalue weighted by molar-refractivity contribution is -0.148.